The van der Waals surface area contributed by atoms with Gasteiger partial charge in [0.05, 0.1) is 5.91 Å². The first kappa shape index (κ1) is 25.7. The van der Waals surface area contributed by atoms with E-state index in [9.17, 15) is 9.59 Å². The fourth-order valence-corrected chi connectivity index (χ4v) is 1.27. The van der Waals surface area contributed by atoms with Crippen LogP contribution in [0.4, 0.5) is 5.69 Å². The van der Waals surface area contributed by atoms with Gasteiger partial charge in [0.1, 0.15) is 0 Å². The van der Waals surface area contributed by atoms with Crippen molar-refractivity contribution in [3.63, 3.8) is 0 Å². The molecule has 0 bridgehead atoms. The molecule has 0 aliphatic heterocycles. The maximum Gasteiger partial charge on any atom is 2.00 e. The molecule has 5 nitrogen and oxygen atoms in total. The first-order chi connectivity index (χ1) is 10.6. The minimum Gasteiger partial charge on any atom is -0.214 e. The van der Waals surface area contributed by atoms with E-state index in [0.717, 1.165) is 0 Å². The monoisotopic (exact) mass is 353 g/mol. The number of ketones is 1. The van der Waals surface area contributed by atoms with Crippen molar-refractivity contribution in [1.29, 1.82) is 0 Å². The Morgan fingerprint density at radius 3 is 1.65 bits per heavy atom. The topological polar surface area (TPSA) is 88.0 Å². The molecule has 2 aromatic carbocycles. The van der Waals surface area contributed by atoms with Crippen LogP contribution in [0.1, 0.15) is 24.2 Å². The number of carbonyl (C=O) groups is 2. The molecule has 0 atom stereocenters. The van der Waals surface area contributed by atoms with E-state index < -0.39 is 0 Å². The van der Waals surface area contributed by atoms with Crippen molar-refractivity contribution >= 4 is 17.4 Å². The molecule has 0 fully saturated rings. The molecule has 23 heavy (non-hydrogen) atoms. The van der Waals surface area contributed by atoms with Crippen molar-refractivity contribution in [2.45, 2.75) is 13.8 Å². The van der Waals surface area contributed by atoms with E-state index in [1.54, 1.807) is 24.3 Å². The number of nitrogens with zero attached hydrogens (tertiary/aromatic N) is 1. The average Bonchev–Trinajstić information content (AvgIpc) is 3.11. The minimum atomic E-state index is -0.240. The number of benzene rings is 1. The van der Waals surface area contributed by atoms with Crippen LogP contribution in [0.5, 0.6) is 0 Å². The Labute approximate surface area is 146 Å². The molecule has 120 valence electrons. The average molecular weight is 353 g/mol. The minimum absolute atomic E-state index is 0. The van der Waals surface area contributed by atoms with Crippen LogP contribution >= 0.6 is 0 Å². The van der Waals surface area contributed by atoms with E-state index in [0.29, 0.717) is 11.3 Å². The quantitative estimate of drug-likeness (QED) is 0.356. The van der Waals surface area contributed by atoms with Crippen molar-refractivity contribution < 1.29 is 36.0 Å². The Balaban J connectivity index is -0.000000335. The number of hydrogen-bond donors (Lipinski definition) is 0. The summed E-state index contributed by atoms with van der Waals surface area (Å²) < 4.78 is 15.0. The Morgan fingerprint density at radius 1 is 0.957 bits per heavy atom. The van der Waals surface area contributed by atoms with Crippen molar-refractivity contribution in [2.75, 3.05) is 0 Å². The molecule has 2 aromatic rings. The van der Waals surface area contributed by atoms with Gasteiger partial charge in [0.25, 0.3) is 0 Å². The maximum absolute atomic E-state index is 10.9. The van der Waals surface area contributed by atoms with E-state index in [1.165, 1.54) is 13.8 Å². The van der Waals surface area contributed by atoms with Crippen LogP contribution in [0.2, 0.25) is 0 Å². The van der Waals surface area contributed by atoms with Gasteiger partial charge >= 0.3 is 39.7 Å². The van der Waals surface area contributed by atoms with Crippen molar-refractivity contribution in [3.8, 4) is 0 Å². The molecule has 2 rings (SSSR count). The van der Waals surface area contributed by atoms with E-state index >= 15 is 0 Å². The van der Waals surface area contributed by atoms with Gasteiger partial charge in [-0.1, -0.05) is 24.3 Å². The third-order valence-electron chi connectivity index (χ3n) is 2.12. The molecular formula is C17H15FeNO4. The second kappa shape index (κ2) is 17.8. The zero-order valence-electron chi connectivity index (χ0n) is 12.6. The van der Waals surface area contributed by atoms with Gasteiger partial charge in [0.2, 0.25) is 0 Å². The molecule has 0 N–H and O–H groups in total. The molecule has 0 aliphatic carbocycles. The molecule has 0 radical (unpaired) electrons. The molecule has 0 unspecified atom stereocenters. The Morgan fingerprint density at radius 2 is 1.39 bits per heavy atom. The number of hydrogen-bond acceptors (Lipinski definition) is 2. The molecule has 0 saturated carbocycles. The fraction of sp³-hybridized carbons (Fsp3) is 0.118. The SMILES string of the molecule is CC(=O)[N-]c1ccc(C(C)=O)cc1.[C-]#[O+].[C-]#[O+].[Fe+2].c1cc[cH-]c1. The van der Waals surface area contributed by atoms with Gasteiger partial charge in [-0.2, -0.15) is 18.2 Å². The van der Waals surface area contributed by atoms with Crippen LogP contribution in [-0.2, 0) is 31.2 Å². The van der Waals surface area contributed by atoms with Crippen molar-refractivity contribution in [1.82, 2.24) is 0 Å². The first-order valence-corrected chi connectivity index (χ1v) is 6.00. The van der Waals surface area contributed by atoms with Gasteiger partial charge in [-0.3, -0.25) is 4.79 Å². The van der Waals surface area contributed by atoms with Gasteiger partial charge in [-0.15, -0.1) is 5.69 Å². The van der Waals surface area contributed by atoms with Crippen LogP contribution in [0.15, 0.2) is 54.6 Å². The Kier molecular flexibility index (Phi) is 19.8. The van der Waals surface area contributed by atoms with Crippen LogP contribution in [0.3, 0.4) is 0 Å². The predicted molar refractivity (Wildman–Crippen MR) is 80.0 cm³/mol. The van der Waals surface area contributed by atoms with Crippen LogP contribution in [-0.4, -0.2) is 11.7 Å². The van der Waals surface area contributed by atoms with E-state index in [1.807, 2.05) is 30.3 Å². The van der Waals surface area contributed by atoms with E-state index in [4.69, 9.17) is 9.30 Å². The van der Waals surface area contributed by atoms with Gasteiger partial charge in [0.15, 0.2) is 5.78 Å². The largest absolute Gasteiger partial charge is 2.00 e. The molecule has 0 aromatic heterocycles. The smallest absolute Gasteiger partial charge is 0.214 e. The first-order valence-electron chi connectivity index (χ1n) is 6.00. The Hall–Kier alpha value is -2.29. The molecule has 0 heterocycles. The summed E-state index contributed by atoms with van der Waals surface area (Å²) in [4.78, 5) is 21.5. The van der Waals surface area contributed by atoms with E-state index in [-0.39, 0.29) is 28.8 Å². The summed E-state index contributed by atoms with van der Waals surface area (Å²) in [5, 5.41) is 3.71. The normalized spacial score (nSPS) is 7.22. The number of Topliss-reactive ketones (excluding diaryl/α,β-unsaturated/α-hetero) is 1. The van der Waals surface area contributed by atoms with Gasteiger partial charge in [0, 0.05) is 5.56 Å². The fourth-order valence-electron chi connectivity index (χ4n) is 1.27. The molecule has 0 aliphatic rings. The van der Waals surface area contributed by atoms with Crippen molar-refractivity contribution in [3.05, 3.63) is 78.8 Å². The van der Waals surface area contributed by atoms with Crippen molar-refractivity contribution in [2.24, 2.45) is 0 Å². The summed E-state index contributed by atoms with van der Waals surface area (Å²) in [5.74, 6) is -0.232. The summed E-state index contributed by atoms with van der Waals surface area (Å²) in [6.07, 6.45) is 0. The summed E-state index contributed by atoms with van der Waals surface area (Å²) in [6.45, 7) is 11.9. The number of amides is 1. The molecular weight excluding hydrogens is 338 g/mol. The van der Waals surface area contributed by atoms with Gasteiger partial charge < -0.3 is 10.1 Å². The van der Waals surface area contributed by atoms with E-state index in [2.05, 4.69) is 18.6 Å². The summed E-state index contributed by atoms with van der Waals surface area (Å²) in [7, 11) is 0. The zero-order valence-corrected chi connectivity index (χ0v) is 13.7. The van der Waals surface area contributed by atoms with Crippen LogP contribution < -0.4 is 0 Å². The second-order valence-corrected chi connectivity index (χ2v) is 3.70. The predicted octanol–water partition coefficient (Wildman–Crippen LogP) is 3.77. The number of carbonyl (C=O) groups excluding carboxylic acids is 2. The van der Waals surface area contributed by atoms with Gasteiger partial charge in [-0.05, 0) is 13.8 Å². The number of rotatable bonds is 2. The van der Waals surface area contributed by atoms with Crippen LogP contribution in [0, 0.1) is 13.3 Å². The van der Waals surface area contributed by atoms with Gasteiger partial charge in [-0.25, -0.2) is 12.1 Å². The zero-order chi connectivity index (χ0) is 17.4. The molecule has 0 saturated heterocycles. The standard InChI is InChI=1S/C10H11NO2.C5H5.2CO.Fe/c1-7(12)9-3-5-10(6-4-9)11-8(2)13;1-2-4-5-3-1;2*1-2;/h3-6H,1-2H3,(H,11,12,13);1-5H;;;/q;-1;;;+2/p-1. The van der Waals surface area contributed by atoms with Crippen LogP contribution in [0.25, 0.3) is 5.32 Å². The second-order valence-electron chi connectivity index (χ2n) is 3.70. The summed E-state index contributed by atoms with van der Waals surface area (Å²) in [6, 6.07) is 16.6. The third-order valence-corrected chi connectivity index (χ3v) is 2.12. The molecule has 0 spiro atoms. The maximum atomic E-state index is 10.9. The molecule has 1 amide bonds. The molecule has 6 heteroatoms. The Bertz CT molecular complexity index is 548. The summed E-state index contributed by atoms with van der Waals surface area (Å²) >= 11 is 0. The summed E-state index contributed by atoms with van der Waals surface area (Å²) in [5.41, 5.74) is 1.21. The third kappa shape index (κ3) is 14.4.